The van der Waals surface area contributed by atoms with E-state index in [9.17, 15) is 4.79 Å². The van der Waals surface area contributed by atoms with Crippen LogP contribution in [0.4, 0.5) is 0 Å². The van der Waals surface area contributed by atoms with E-state index in [1.165, 1.54) is 16.3 Å². The number of rotatable bonds is 2. The zero-order valence-electron chi connectivity index (χ0n) is 13.1. The molecule has 4 nitrogen and oxygen atoms in total. The smallest absolute Gasteiger partial charge is 0.328 e. The van der Waals surface area contributed by atoms with Crippen molar-refractivity contribution < 1.29 is 9.90 Å². The summed E-state index contributed by atoms with van der Waals surface area (Å²) >= 11 is 0. The van der Waals surface area contributed by atoms with Crippen molar-refractivity contribution in [3.05, 3.63) is 47.5 Å². The van der Waals surface area contributed by atoms with Crippen molar-refractivity contribution in [1.82, 2.24) is 5.32 Å². The lowest BCUT2D eigenvalue weighted by molar-refractivity contribution is -0.137. The summed E-state index contributed by atoms with van der Waals surface area (Å²) in [5.74, 6) is -0.244. The van der Waals surface area contributed by atoms with Crippen LogP contribution in [-0.4, -0.2) is 28.5 Å². The van der Waals surface area contributed by atoms with Gasteiger partial charge in [-0.05, 0) is 43.5 Å². The van der Waals surface area contributed by atoms with E-state index >= 15 is 0 Å². The molecule has 1 unspecified atom stereocenters. The molecule has 4 heteroatoms. The highest BCUT2D eigenvalue weighted by molar-refractivity contribution is 6.06. The molecule has 1 aliphatic rings. The third kappa shape index (κ3) is 2.56. The Bertz CT molecular complexity index is 778. The zero-order chi connectivity index (χ0) is 15.9. The first-order valence-electron chi connectivity index (χ1n) is 7.47. The Labute approximate surface area is 129 Å². The van der Waals surface area contributed by atoms with Gasteiger partial charge in [-0.2, -0.15) is 0 Å². The van der Waals surface area contributed by atoms with Crippen molar-refractivity contribution >= 4 is 22.6 Å². The van der Waals surface area contributed by atoms with Crippen LogP contribution in [0.3, 0.4) is 0 Å². The second kappa shape index (κ2) is 5.13. The van der Waals surface area contributed by atoms with Crippen LogP contribution in [0.15, 0.2) is 41.4 Å². The van der Waals surface area contributed by atoms with Gasteiger partial charge in [-0.25, -0.2) is 4.79 Å². The predicted molar refractivity (Wildman–Crippen MR) is 88.5 cm³/mol. The molecule has 2 aromatic rings. The van der Waals surface area contributed by atoms with Crippen molar-refractivity contribution in [3.63, 3.8) is 0 Å². The molecule has 22 heavy (non-hydrogen) atoms. The summed E-state index contributed by atoms with van der Waals surface area (Å²) in [7, 11) is 0. The largest absolute Gasteiger partial charge is 0.480 e. The minimum atomic E-state index is -0.917. The summed E-state index contributed by atoms with van der Waals surface area (Å²) in [6.45, 7) is 5.82. The van der Waals surface area contributed by atoms with E-state index in [2.05, 4.69) is 42.4 Å². The lowest BCUT2D eigenvalue weighted by Crippen LogP contribution is -2.50. The van der Waals surface area contributed by atoms with E-state index in [4.69, 9.17) is 5.11 Å². The maximum atomic E-state index is 11.1. The Morgan fingerprint density at radius 1 is 1.27 bits per heavy atom. The third-order valence-corrected chi connectivity index (χ3v) is 4.05. The number of benzene rings is 2. The molecule has 0 saturated carbocycles. The Morgan fingerprint density at radius 2 is 2.00 bits per heavy atom. The van der Waals surface area contributed by atoms with Crippen LogP contribution >= 0.6 is 0 Å². The average molecular weight is 296 g/mol. The van der Waals surface area contributed by atoms with Gasteiger partial charge in [0.2, 0.25) is 0 Å². The first-order valence-corrected chi connectivity index (χ1v) is 7.47. The normalized spacial score (nSPS) is 19.5. The number of carboxylic acid groups (broad SMARTS) is 1. The maximum Gasteiger partial charge on any atom is 0.328 e. The number of aliphatic carboxylic acids is 1. The summed E-state index contributed by atoms with van der Waals surface area (Å²) in [6.07, 6.45) is 0.879. The predicted octanol–water partition coefficient (Wildman–Crippen LogP) is 2.98. The van der Waals surface area contributed by atoms with E-state index < -0.39 is 12.0 Å². The highest BCUT2D eigenvalue weighted by Gasteiger charge is 2.30. The number of carboxylic acids is 1. The monoisotopic (exact) mass is 296 g/mol. The fourth-order valence-corrected chi connectivity index (χ4v) is 2.97. The summed E-state index contributed by atoms with van der Waals surface area (Å²) < 4.78 is 0. The number of aliphatic imine (C=N–C) groups is 1. The van der Waals surface area contributed by atoms with Crippen molar-refractivity contribution in [2.45, 2.75) is 38.8 Å². The van der Waals surface area contributed by atoms with Gasteiger partial charge in [-0.15, -0.1) is 0 Å². The van der Waals surface area contributed by atoms with E-state index in [0.717, 1.165) is 12.0 Å². The number of hydrogen-bond acceptors (Lipinski definition) is 2. The van der Waals surface area contributed by atoms with E-state index in [0.29, 0.717) is 5.84 Å². The minimum Gasteiger partial charge on any atom is -0.480 e. The van der Waals surface area contributed by atoms with Crippen LogP contribution in [0.2, 0.25) is 0 Å². The third-order valence-electron chi connectivity index (χ3n) is 4.05. The van der Waals surface area contributed by atoms with Gasteiger partial charge in [0.1, 0.15) is 11.9 Å². The van der Waals surface area contributed by atoms with E-state index in [-0.39, 0.29) is 5.54 Å². The first-order chi connectivity index (χ1) is 10.4. The van der Waals surface area contributed by atoms with Gasteiger partial charge in [0.15, 0.2) is 0 Å². The Kier molecular flexibility index (Phi) is 3.39. The SMILES string of the molecule is CC(N=C1NC(C)(C)Cc2c1ccc1ccccc21)C(=O)O. The Morgan fingerprint density at radius 3 is 2.73 bits per heavy atom. The summed E-state index contributed by atoms with van der Waals surface area (Å²) in [4.78, 5) is 15.5. The molecule has 1 atom stereocenters. The maximum absolute atomic E-state index is 11.1. The van der Waals surface area contributed by atoms with Crippen molar-refractivity contribution in [2.75, 3.05) is 0 Å². The van der Waals surface area contributed by atoms with Crippen LogP contribution in [0, 0.1) is 0 Å². The van der Waals surface area contributed by atoms with Gasteiger partial charge in [-0.3, -0.25) is 4.99 Å². The quantitative estimate of drug-likeness (QED) is 0.895. The number of nitrogens with zero attached hydrogens (tertiary/aromatic N) is 1. The van der Waals surface area contributed by atoms with Crippen LogP contribution in [0.5, 0.6) is 0 Å². The molecule has 3 rings (SSSR count). The molecular formula is C18H20N2O2. The molecule has 2 aromatic carbocycles. The van der Waals surface area contributed by atoms with Gasteiger partial charge in [0.25, 0.3) is 0 Å². The number of fused-ring (bicyclic) bond motifs is 3. The summed E-state index contributed by atoms with van der Waals surface area (Å²) in [6, 6.07) is 11.6. The lowest BCUT2D eigenvalue weighted by atomic mass is 9.84. The Balaban J connectivity index is 2.21. The van der Waals surface area contributed by atoms with E-state index in [1.807, 2.05) is 18.2 Å². The first kappa shape index (κ1) is 14.6. The number of amidine groups is 1. The van der Waals surface area contributed by atoms with Crippen LogP contribution in [0.1, 0.15) is 31.9 Å². The number of hydrogen-bond donors (Lipinski definition) is 2. The van der Waals surface area contributed by atoms with Gasteiger partial charge >= 0.3 is 5.97 Å². The standard InChI is InChI=1S/C18H20N2O2/c1-11(17(21)22)19-16-14-9-8-12-6-4-5-7-13(12)15(14)10-18(2,3)20-16/h4-9,11H,10H2,1-3H3,(H,19,20)(H,21,22). The highest BCUT2D eigenvalue weighted by Crippen LogP contribution is 2.30. The summed E-state index contributed by atoms with van der Waals surface area (Å²) in [5.41, 5.74) is 2.08. The highest BCUT2D eigenvalue weighted by atomic mass is 16.4. The lowest BCUT2D eigenvalue weighted by Gasteiger charge is -2.35. The zero-order valence-corrected chi connectivity index (χ0v) is 13.1. The molecule has 0 saturated heterocycles. The van der Waals surface area contributed by atoms with Crippen molar-refractivity contribution in [2.24, 2.45) is 4.99 Å². The molecule has 0 bridgehead atoms. The molecule has 0 spiro atoms. The number of carbonyl (C=O) groups is 1. The van der Waals surface area contributed by atoms with Gasteiger partial charge in [0, 0.05) is 11.1 Å². The van der Waals surface area contributed by atoms with Crippen LogP contribution in [0.25, 0.3) is 10.8 Å². The molecule has 0 aliphatic carbocycles. The molecule has 0 aromatic heterocycles. The molecule has 1 aliphatic heterocycles. The molecule has 0 radical (unpaired) electrons. The molecule has 114 valence electrons. The fraction of sp³-hybridized carbons (Fsp3) is 0.333. The van der Waals surface area contributed by atoms with Gasteiger partial charge in [0.05, 0.1) is 0 Å². The molecule has 1 heterocycles. The fourth-order valence-electron chi connectivity index (χ4n) is 2.97. The van der Waals surface area contributed by atoms with Crippen LogP contribution < -0.4 is 5.32 Å². The molecule has 0 amide bonds. The average Bonchev–Trinajstić information content (AvgIpc) is 2.45. The molecule has 0 fully saturated rings. The molecule has 2 N–H and O–H groups in total. The second-order valence-corrected chi connectivity index (χ2v) is 6.49. The van der Waals surface area contributed by atoms with E-state index in [1.54, 1.807) is 6.92 Å². The Hall–Kier alpha value is -2.36. The summed E-state index contributed by atoms with van der Waals surface area (Å²) in [5, 5.41) is 14.9. The van der Waals surface area contributed by atoms with Gasteiger partial charge < -0.3 is 10.4 Å². The van der Waals surface area contributed by atoms with Crippen LogP contribution in [-0.2, 0) is 11.2 Å². The van der Waals surface area contributed by atoms with Crippen molar-refractivity contribution in [1.29, 1.82) is 0 Å². The number of nitrogens with one attached hydrogen (secondary N) is 1. The topological polar surface area (TPSA) is 61.7 Å². The molecular weight excluding hydrogens is 276 g/mol. The van der Waals surface area contributed by atoms with Gasteiger partial charge in [-0.1, -0.05) is 36.4 Å². The van der Waals surface area contributed by atoms with Crippen molar-refractivity contribution in [3.8, 4) is 0 Å². The minimum absolute atomic E-state index is 0.159. The second-order valence-electron chi connectivity index (χ2n) is 6.49.